The molecule has 21 heavy (non-hydrogen) atoms. The standard InChI is InChI=1S/C19H20O2/c1-14(19(20)15-7-3-2-4-8-15)13-16-11-12-21-18-10-6-5-9-17(16)18/h2-10,14,16H,11-13H2,1H3. The monoisotopic (exact) mass is 280 g/mol. The van der Waals surface area contributed by atoms with E-state index >= 15 is 0 Å². The van der Waals surface area contributed by atoms with Gasteiger partial charge in [0.2, 0.25) is 0 Å². The lowest BCUT2D eigenvalue weighted by Gasteiger charge is -2.27. The molecule has 0 radical (unpaired) electrons. The number of benzene rings is 2. The van der Waals surface area contributed by atoms with Gasteiger partial charge in [-0.15, -0.1) is 0 Å². The van der Waals surface area contributed by atoms with E-state index in [1.807, 2.05) is 55.5 Å². The van der Waals surface area contributed by atoms with Crippen molar-refractivity contribution in [2.45, 2.75) is 25.7 Å². The van der Waals surface area contributed by atoms with Crippen LogP contribution in [0.3, 0.4) is 0 Å². The summed E-state index contributed by atoms with van der Waals surface area (Å²) in [7, 11) is 0. The Morgan fingerprint density at radius 3 is 2.67 bits per heavy atom. The fourth-order valence-corrected chi connectivity index (χ4v) is 3.08. The van der Waals surface area contributed by atoms with Gasteiger partial charge < -0.3 is 4.74 Å². The summed E-state index contributed by atoms with van der Waals surface area (Å²) in [6.07, 6.45) is 1.87. The first-order valence-corrected chi connectivity index (χ1v) is 7.56. The van der Waals surface area contributed by atoms with Crippen molar-refractivity contribution in [1.82, 2.24) is 0 Å². The number of fused-ring (bicyclic) bond motifs is 1. The van der Waals surface area contributed by atoms with E-state index in [2.05, 4.69) is 6.07 Å². The molecule has 0 saturated carbocycles. The number of carbonyl (C=O) groups excluding carboxylic acids is 1. The molecule has 2 aromatic rings. The number of carbonyl (C=O) groups is 1. The van der Waals surface area contributed by atoms with Crippen LogP contribution in [0.15, 0.2) is 54.6 Å². The van der Waals surface area contributed by atoms with Gasteiger partial charge in [-0.1, -0.05) is 55.5 Å². The molecule has 2 heteroatoms. The van der Waals surface area contributed by atoms with E-state index in [0.717, 1.165) is 30.8 Å². The van der Waals surface area contributed by atoms with E-state index in [1.54, 1.807) is 0 Å². The molecule has 3 rings (SSSR count). The van der Waals surface area contributed by atoms with Gasteiger partial charge in [-0.3, -0.25) is 4.79 Å². The maximum atomic E-state index is 12.5. The first-order chi connectivity index (χ1) is 10.3. The van der Waals surface area contributed by atoms with E-state index in [1.165, 1.54) is 5.56 Å². The summed E-state index contributed by atoms with van der Waals surface area (Å²) < 4.78 is 5.70. The Balaban J connectivity index is 1.74. The molecular weight excluding hydrogens is 260 g/mol. The Kier molecular flexibility index (Phi) is 4.05. The van der Waals surface area contributed by atoms with Crippen molar-refractivity contribution in [2.75, 3.05) is 6.61 Å². The van der Waals surface area contributed by atoms with Crippen LogP contribution in [-0.4, -0.2) is 12.4 Å². The lowest BCUT2D eigenvalue weighted by molar-refractivity contribution is 0.0914. The molecule has 1 heterocycles. The van der Waals surface area contributed by atoms with Crippen molar-refractivity contribution in [3.63, 3.8) is 0 Å². The van der Waals surface area contributed by atoms with Crippen LogP contribution in [0.2, 0.25) is 0 Å². The molecule has 0 spiro atoms. The second-order valence-electron chi connectivity index (χ2n) is 5.74. The molecule has 108 valence electrons. The average molecular weight is 280 g/mol. The Bertz CT molecular complexity index is 618. The highest BCUT2D eigenvalue weighted by atomic mass is 16.5. The fraction of sp³-hybridized carbons (Fsp3) is 0.316. The topological polar surface area (TPSA) is 26.3 Å². The molecule has 1 aliphatic heterocycles. The SMILES string of the molecule is CC(CC1CCOc2ccccc21)C(=O)c1ccccc1. The van der Waals surface area contributed by atoms with Crippen LogP contribution in [0.25, 0.3) is 0 Å². The number of hydrogen-bond donors (Lipinski definition) is 0. The molecule has 2 nitrogen and oxygen atoms in total. The number of hydrogen-bond acceptors (Lipinski definition) is 2. The lowest BCUT2D eigenvalue weighted by Crippen LogP contribution is -2.20. The van der Waals surface area contributed by atoms with E-state index in [9.17, 15) is 4.79 Å². The van der Waals surface area contributed by atoms with E-state index in [-0.39, 0.29) is 11.7 Å². The maximum absolute atomic E-state index is 12.5. The van der Waals surface area contributed by atoms with Crippen molar-refractivity contribution < 1.29 is 9.53 Å². The minimum atomic E-state index is 0.0311. The van der Waals surface area contributed by atoms with Gasteiger partial charge in [0.25, 0.3) is 0 Å². The van der Waals surface area contributed by atoms with Crippen LogP contribution in [-0.2, 0) is 0 Å². The summed E-state index contributed by atoms with van der Waals surface area (Å²) in [6.45, 7) is 2.78. The van der Waals surface area contributed by atoms with Crippen LogP contribution in [0.4, 0.5) is 0 Å². The fourth-order valence-electron chi connectivity index (χ4n) is 3.08. The molecule has 0 aromatic heterocycles. The van der Waals surface area contributed by atoms with Gasteiger partial charge in [0.15, 0.2) is 5.78 Å². The molecule has 0 fully saturated rings. The Morgan fingerprint density at radius 2 is 1.86 bits per heavy atom. The Hall–Kier alpha value is -2.09. The second kappa shape index (κ2) is 6.13. The molecule has 2 aromatic carbocycles. The molecule has 1 aliphatic rings. The number of rotatable bonds is 4. The summed E-state index contributed by atoms with van der Waals surface area (Å²) in [4.78, 5) is 12.5. The number of ketones is 1. The second-order valence-corrected chi connectivity index (χ2v) is 5.74. The largest absolute Gasteiger partial charge is 0.493 e. The molecule has 2 unspecified atom stereocenters. The van der Waals surface area contributed by atoms with Crippen LogP contribution < -0.4 is 4.74 Å². The van der Waals surface area contributed by atoms with Crippen molar-refractivity contribution in [1.29, 1.82) is 0 Å². The predicted octanol–water partition coefficient (Wildman–Crippen LogP) is 4.46. The maximum Gasteiger partial charge on any atom is 0.165 e. The van der Waals surface area contributed by atoms with Gasteiger partial charge in [0.05, 0.1) is 6.61 Å². The first-order valence-electron chi connectivity index (χ1n) is 7.56. The van der Waals surface area contributed by atoms with Gasteiger partial charge >= 0.3 is 0 Å². The molecular formula is C19H20O2. The van der Waals surface area contributed by atoms with Crippen LogP contribution in [0.5, 0.6) is 5.75 Å². The normalized spacial score (nSPS) is 18.4. The summed E-state index contributed by atoms with van der Waals surface area (Å²) in [5.74, 6) is 1.66. The third-order valence-corrected chi connectivity index (χ3v) is 4.23. The highest BCUT2D eigenvalue weighted by molar-refractivity contribution is 5.97. The van der Waals surface area contributed by atoms with E-state index in [4.69, 9.17) is 4.74 Å². The zero-order valence-electron chi connectivity index (χ0n) is 12.3. The average Bonchev–Trinajstić information content (AvgIpc) is 2.55. The van der Waals surface area contributed by atoms with Crippen LogP contribution in [0.1, 0.15) is 41.6 Å². The van der Waals surface area contributed by atoms with E-state index < -0.39 is 0 Å². The minimum absolute atomic E-state index is 0.0311. The highest BCUT2D eigenvalue weighted by Gasteiger charge is 2.25. The van der Waals surface area contributed by atoms with Crippen molar-refractivity contribution in [3.8, 4) is 5.75 Å². The zero-order valence-corrected chi connectivity index (χ0v) is 12.3. The van der Waals surface area contributed by atoms with Gasteiger partial charge in [0.1, 0.15) is 5.75 Å². The Labute approximate surface area is 125 Å². The lowest BCUT2D eigenvalue weighted by atomic mass is 9.83. The molecule has 2 atom stereocenters. The summed E-state index contributed by atoms with van der Waals surface area (Å²) in [5, 5.41) is 0. The molecule has 0 saturated heterocycles. The number of Topliss-reactive ketones (excluding diaryl/α,β-unsaturated/α-hetero) is 1. The smallest absolute Gasteiger partial charge is 0.165 e. The summed E-state index contributed by atoms with van der Waals surface area (Å²) in [6, 6.07) is 17.8. The molecule has 0 N–H and O–H groups in total. The van der Waals surface area contributed by atoms with Crippen molar-refractivity contribution in [2.24, 2.45) is 5.92 Å². The molecule has 0 aliphatic carbocycles. The van der Waals surface area contributed by atoms with Gasteiger partial charge in [0, 0.05) is 11.5 Å². The summed E-state index contributed by atoms with van der Waals surface area (Å²) in [5.41, 5.74) is 2.06. The number of para-hydroxylation sites is 1. The quantitative estimate of drug-likeness (QED) is 0.773. The van der Waals surface area contributed by atoms with Gasteiger partial charge in [-0.05, 0) is 30.4 Å². The van der Waals surface area contributed by atoms with Crippen LogP contribution in [0, 0.1) is 5.92 Å². The summed E-state index contributed by atoms with van der Waals surface area (Å²) >= 11 is 0. The zero-order chi connectivity index (χ0) is 14.7. The highest BCUT2D eigenvalue weighted by Crippen LogP contribution is 2.37. The number of ether oxygens (including phenoxy) is 1. The van der Waals surface area contributed by atoms with Gasteiger partial charge in [-0.2, -0.15) is 0 Å². The van der Waals surface area contributed by atoms with Crippen molar-refractivity contribution in [3.05, 3.63) is 65.7 Å². The first kappa shape index (κ1) is 13.9. The van der Waals surface area contributed by atoms with Crippen LogP contribution >= 0.6 is 0 Å². The van der Waals surface area contributed by atoms with Crippen molar-refractivity contribution >= 4 is 5.78 Å². The third-order valence-electron chi connectivity index (χ3n) is 4.23. The minimum Gasteiger partial charge on any atom is -0.493 e. The predicted molar refractivity (Wildman–Crippen MR) is 83.8 cm³/mol. The van der Waals surface area contributed by atoms with E-state index in [0.29, 0.717) is 5.92 Å². The van der Waals surface area contributed by atoms with Gasteiger partial charge in [-0.25, -0.2) is 0 Å². The molecule has 0 amide bonds. The molecule has 0 bridgehead atoms. The third kappa shape index (κ3) is 2.99. The Morgan fingerprint density at radius 1 is 1.14 bits per heavy atom.